The quantitative estimate of drug-likeness (QED) is 0.817. The number of hydrogen-bond donors (Lipinski definition) is 2. The Hall–Kier alpha value is -1.45. The molecule has 3 unspecified atom stereocenters. The predicted octanol–water partition coefficient (Wildman–Crippen LogP) is 2.43. The summed E-state index contributed by atoms with van der Waals surface area (Å²) in [6.07, 6.45) is 0. The molecule has 0 bridgehead atoms. The Balaban J connectivity index is 1.45. The summed E-state index contributed by atoms with van der Waals surface area (Å²) in [5.41, 5.74) is 7.68. The molecule has 146 valence electrons. The summed E-state index contributed by atoms with van der Waals surface area (Å²) < 4.78 is 28.2. The van der Waals surface area contributed by atoms with E-state index in [1.165, 1.54) is 11.3 Å². The molecule has 8 heteroatoms. The van der Waals surface area contributed by atoms with Gasteiger partial charge in [-0.3, -0.25) is 5.43 Å². The van der Waals surface area contributed by atoms with Crippen LogP contribution < -0.4 is 15.8 Å². The monoisotopic (exact) mass is 406 g/mol. The highest BCUT2D eigenvalue weighted by molar-refractivity contribution is 7.91. The van der Waals surface area contributed by atoms with Crippen molar-refractivity contribution in [1.29, 1.82) is 0 Å². The molecule has 2 saturated heterocycles. The maximum atomic E-state index is 13.1. The van der Waals surface area contributed by atoms with Crippen LogP contribution in [-0.4, -0.2) is 44.9 Å². The number of thiophene rings is 1. The lowest BCUT2D eigenvalue weighted by Crippen LogP contribution is -2.48. The lowest BCUT2D eigenvalue weighted by atomic mass is 9.97. The molecule has 0 saturated carbocycles. The van der Waals surface area contributed by atoms with E-state index in [0.29, 0.717) is 42.3 Å². The standard InChI is InChI=1S/C19H26N4O2S2/c1-14-15(2)20-21-19(14)17-8-9-18(26-17)27(24,25)23-12-10-22(11-13-23)16-6-4-3-5-7-16/h3-9,14-15,19-21H,10-13H2,1-2H3. The molecule has 2 aromatic rings. The highest BCUT2D eigenvalue weighted by Crippen LogP contribution is 2.35. The molecule has 2 N–H and O–H groups in total. The molecule has 6 nitrogen and oxygen atoms in total. The molecule has 1 aromatic heterocycles. The van der Waals surface area contributed by atoms with Crippen molar-refractivity contribution in [1.82, 2.24) is 15.2 Å². The summed E-state index contributed by atoms with van der Waals surface area (Å²) in [5.74, 6) is 0.411. The molecule has 0 amide bonds. The molecule has 3 atom stereocenters. The fourth-order valence-electron chi connectivity index (χ4n) is 3.70. The van der Waals surface area contributed by atoms with Gasteiger partial charge in [0.1, 0.15) is 4.21 Å². The summed E-state index contributed by atoms with van der Waals surface area (Å²) in [6, 6.07) is 14.4. The summed E-state index contributed by atoms with van der Waals surface area (Å²) in [7, 11) is -3.43. The van der Waals surface area contributed by atoms with Crippen molar-refractivity contribution in [2.75, 3.05) is 31.1 Å². The SMILES string of the molecule is CC1NNC(c2ccc(S(=O)(=O)N3CCN(c4ccccc4)CC3)s2)C1C. The van der Waals surface area contributed by atoms with Gasteiger partial charge in [0, 0.05) is 42.8 Å². The Labute approximate surface area is 165 Å². The number of anilines is 1. The Bertz CT molecular complexity index is 876. The molecule has 0 radical (unpaired) electrons. The lowest BCUT2D eigenvalue weighted by molar-refractivity contribution is 0.386. The molecule has 0 spiro atoms. The van der Waals surface area contributed by atoms with E-state index in [1.807, 2.05) is 24.3 Å². The van der Waals surface area contributed by atoms with E-state index in [1.54, 1.807) is 10.4 Å². The minimum absolute atomic E-state index is 0.156. The number of para-hydroxylation sites is 1. The Morgan fingerprint density at radius 1 is 0.963 bits per heavy atom. The molecule has 2 aliphatic heterocycles. The lowest BCUT2D eigenvalue weighted by Gasteiger charge is -2.35. The van der Waals surface area contributed by atoms with E-state index in [-0.39, 0.29) is 6.04 Å². The molecule has 3 heterocycles. The van der Waals surface area contributed by atoms with Crippen molar-refractivity contribution < 1.29 is 8.42 Å². The van der Waals surface area contributed by atoms with Crippen molar-refractivity contribution in [3.8, 4) is 0 Å². The summed E-state index contributed by atoms with van der Waals surface area (Å²) in [5, 5.41) is 0. The van der Waals surface area contributed by atoms with Gasteiger partial charge in [0.2, 0.25) is 0 Å². The molecule has 2 aliphatic rings. The van der Waals surface area contributed by atoms with E-state index in [9.17, 15) is 8.42 Å². The third kappa shape index (κ3) is 3.64. The van der Waals surface area contributed by atoms with Gasteiger partial charge >= 0.3 is 0 Å². The number of hydrazine groups is 1. The average Bonchev–Trinajstić information content (AvgIpc) is 3.31. The topological polar surface area (TPSA) is 64.7 Å². The number of piperazine rings is 1. The second-order valence-electron chi connectivity index (χ2n) is 7.30. The van der Waals surface area contributed by atoms with Crippen LogP contribution in [0.15, 0.2) is 46.7 Å². The van der Waals surface area contributed by atoms with E-state index < -0.39 is 10.0 Å². The first-order valence-electron chi connectivity index (χ1n) is 9.38. The van der Waals surface area contributed by atoms with Crippen molar-refractivity contribution in [3.05, 3.63) is 47.3 Å². The Kier molecular flexibility index (Phi) is 5.26. The highest BCUT2D eigenvalue weighted by atomic mass is 32.2. The first kappa shape index (κ1) is 18.9. The van der Waals surface area contributed by atoms with Gasteiger partial charge in [-0.15, -0.1) is 11.3 Å². The third-order valence-electron chi connectivity index (χ3n) is 5.64. The number of nitrogens with zero attached hydrogens (tertiary/aromatic N) is 2. The molecule has 0 aliphatic carbocycles. The van der Waals surface area contributed by atoms with Crippen LogP contribution >= 0.6 is 11.3 Å². The zero-order valence-corrected chi connectivity index (χ0v) is 17.3. The van der Waals surface area contributed by atoms with Gasteiger partial charge in [-0.05, 0) is 37.1 Å². The number of sulfonamides is 1. The highest BCUT2D eigenvalue weighted by Gasteiger charge is 2.34. The van der Waals surface area contributed by atoms with Gasteiger partial charge in [0.15, 0.2) is 0 Å². The van der Waals surface area contributed by atoms with Crippen LogP contribution in [0.1, 0.15) is 24.8 Å². The van der Waals surface area contributed by atoms with Gasteiger partial charge in [0.25, 0.3) is 10.0 Å². The summed E-state index contributed by atoms with van der Waals surface area (Å²) in [6.45, 7) is 6.77. The zero-order valence-electron chi connectivity index (χ0n) is 15.6. The van der Waals surface area contributed by atoms with Crippen LogP contribution in [-0.2, 0) is 10.0 Å². The van der Waals surface area contributed by atoms with E-state index >= 15 is 0 Å². The molecular weight excluding hydrogens is 380 g/mol. The van der Waals surface area contributed by atoms with Crippen molar-refractivity contribution in [2.24, 2.45) is 5.92 Å². The van der Waals surface area contributed by atoms with Crippen molar-refractivity contribution in [3.63, 3.8) is 0 Å². The summed E-state index contributed by atoms with van der Waals surface area (Å²) >= 11 is 1.39. The van der Waals surface area contributed by atoms with Gasteiger partial charge in [-0.1, -0.05) is 25.1 Å². The molecule has 1 aromatic carbocycles. The van der Waals surface area contributed by atoms with Gasteiger partial charge in [0.05, 0.1) is 6.04 Å². The number of hydrogen-bond acceptors (Lipinski definition) is 6. The predicted molar refractivity (Wildman–Crippen MR) is 109 cm³/mol. The molecular formula is C19H26N4O2S2. The fourth-order valence-corrected chi connectivity index (χ4v) is 6.77. The minimum Gasteiger partial charge on any atom is -0.369 e. The average molecular weight is 407 g/mol. The van der Waals surface area contributed by atoms with E-state index in [0.717, 1.165) is 10.6 Å². The smallest absolute Gasteiger partial charge is 0.252 e. The normalized spacial score (nSPS) is 27.2. The van der Waals surface area contributed by atoms with Crippen molar-refractivity contribution >= 4 is 27.0 Å². The van der Waals surface area contributed by atoms with Crippen LogP contribution in [0.5, 0.6) is 0 Å². The second-order valence-corrected chi connectivity index (χ2v) is 10.6. The largest absolute Gasteiger partial charge is 0.369 e. The van der Waals surface area contributed by atoms with Crippen LogP contribution in [0.25, 0.3) is 0 Å². The second kappa shape index (κ2) is 7.52. The number of benzene rings is 1. The summed E-state index contributed by atoms with van der Waals surface area (Å²) in [4.78, 5) is 3.31. The number of nitrogens with one attached hydrogen (secondary N) is 2. The van der Waals surface area contributed by atoms with E-state index in [2.05, 4.69) is 41.7 Å². The minimum atomic E-state index is -3.43. The molecule has 27 heavy (non-hydrogen) atoms. The van der Waals surface area contributed by atoms with Gasteiger partial charge in [-0.25, -0.2) is 13.8 Å². The maximum Gasteiger partial charge on any atom is 0.252 e. The van der Waals surface area contributed by atoms with Crippen LogP contribution in [0, 0.1) is 5.92 Å². The molecule has 4 rings (SSSR count). The van der Waals surface area contributed by atoms with Crippen molar-refractivity contribution in [2.45, 2.75) is 30.1 Å². The molecule has 2 fully saturated rings. The fraction of sp³-hybridized carbons (Fsp3) is 0.474. The van der Waals surface area contributed by atoms with Gasteiger partial charge in [-0.2, -0.15) is 4.31 Å². The Morgan fingerprint density at radius 3 is 2.30 bits per heavy atom. The van der Waals surface area contributed by atoms with Crippen LogP contribution in [0.4, 0.5) is 5.69 Å². The van der Waals surface area contributed by atoms with Crippen LogP contribution in [0.3, 0.4) is 0 Å². The first-order chi connectivity index (χ1) is 13.0. The van der Waals surface area contributed by atoms with Gasteiger partial charge < -0.3 is 4.90 Å². The van der Waals surface area contributed by atoms with Crippen LogP contribution in [0.2, 0.25) is 0 Å². The maximum absolute atomic E-state index is 13.1. The van der Waals surface area contributed by atoms with E-state index in [4.69, 9.17) is 0 Å². The number of rotatable bonds is 4. The first-order valence-corrected chi connectivity index (χ1v) is 11.6. The zero-order chi connectivity index (χ0) is 19.0. The Morgan fingerprint density at radius 2 is 1.67 bits per heavy atom. The third-order valence-corrected chi connectivity index (χ3v) is 9.18.